The second-order valence-corrected chi connectivity index (χ2v) is 4.00. The van der Waals surface area contributed by atoms with E-state index in [2.05, 4.69) is 0 Å². The Bertz CT molecular complexity index is 387. The molecule has 0 fully saturated rings. The number of rotatable bonds is 3. The number of carbonyl (C=O) groups is 1. The van der Waals surface area contributed by atoms with Gasteiger partial charge in [-0.15, -0.1) is 0 Å². The summed E-state index contributed by atoms with van der Waals surface area (Å²) in [5, 5.41) is 0. The van der Waals surface area contributed by atoms with E-state index in [1.165, 1.54) is 0 Å². The molecule has 0 heterocycles. The maximum atomic E-state index is 11.9. The Kier molecular flexibility index (Phi) is 3.67. The van der Waals surface area contributed by atoms with E-state index in [-0.39, 0.29) is 5.78 Å². The lowest BCUT2D eigenvalue weighted by Gasteiger charge is -2.15. The summed E-state index contributed by atoms with van der Waals surface area (Å²) in [6.45, 7) is 3.85. The van der Waals surface area contributed by atoms with Gasteiger partial charge in [-0.1, -0.05) is 17.7 Å². The van der Waals surface area contributed by atoms with Gasteiger partial charge in [0.05, 0.1) is 0 Å². The van der Waals surface area contributed by atoms with E-state index < -0.39 is 0 Å². The molecule has 1 aromatic carbocycles. The quantitative estimate of drug-likeness (QED) is 0.556. The second-order valence-electron chi connectivity index (χ2n) is 4.00. The SMILES string of the molecule is CC(C)=CC(=O)c1ccccc1N(C)C. The topological polar surface area (TPSA) is 20.3 Å². The molecular weight excluding hydrogens is 186 g/mol. The van der Waals surface area contributed by atoms with Crippen molar-refractivity contribution in [3.63, 3.8) is 0 Å². The average Bonchev–Trinajstić information content (AvgIpc) is 2.16. The van der Waals surface area contributed by atoms with Crippen molar-refractivity contribution in [3.05, 3.63) is 41.5 Å². The van der Waals surface area contributed by atoms with Gasteiger partial charge in [-0.3, -0.25) is 4.79 Å². The summed E-state index contributed by atoms with van der Waals surface area (Å²) < 4.78 is 0. The van der Waals surface area contributed by atoms with E-state index in [4.69, 9.17) is 0 Å². The predicted molar refractivity (Wildman–Crippen MR) is 64.5 cm³/mol. The smallest absolute Gasteiger partial charge is 0.187 e. The Balaban J connectivity index is 3.14. The Labute approximate surface area is 91.2 Å². The minimum Gasteiger partial charge on any atom is -0.377 e. The van der Waals surface area contributed by atoms with Crippen LogP contribution in [0.1, 0.15) is 24.2 Å². The van der Waals surface area contributed by atoms with Crippen LogP contribution in [0.3, 0.4) is 0 Å². The Hall–Kier alpha value is -1.57. The number of hydrogen-bond donors (Lipinski definition) is 0. The molecule has 0 atom stereocenters. The van der Waals surface area contributed by atoms with Gasteiger partial charge >= 0.3 is 0 Å². The van der Waals surface area contributed by atoms with Crippen molar-refractivity contribution in [2.75, 3.05) is 19.0 Å². The molecule has 0 aliphatic carbocycles. The molecule has 0 saturated carbocycles. The molecular formula is C13H17NO. The fourth-order valence-corrected chi connectivity index (χ4v) is 1.41. The van der Waals surface area contributed by atoms with Crippen LogP contribution in [0.15, 0.2) is 35.9 Å². The van der Waals surface area contributed by atoms with Crippen molar-refractivity contribution in [3.8, 4) is 0 Å². The standard InChI is InChI=1S/C13H17NO/c1-10(2)9-13(15)11-7-5-6-8-12(11)14(3)4/h5-9H,1-4H3. The largest absolute Gasteiger partial charge is 0.377 e. The van der Waals surface area contributed by atoms with Crippen LogP contribution in [0.2, 0.25) is 0 Å². The highest BCUT2D eigenvalue weighted by Crippen LogP contribution is 2.19. The summed E-state index contributed by atoms with van der Waals surface area (Å²) in [5.41, 5.74) is 2.73. The molecule has 0 bridgehead atoms. The maximum Gasteiger partial charge on any atom is 0.187 e. The van der Waals surface area contributed by atoms with Gasteiger partial charge in [0.15, 0.2) is 5.78 Å². The number of benzene rings is 1. The number of allylic oxidation sites excluding steroid dienone is 2. The molecule has 0 amide bonds. The summed E-state index contributed by atoms with van der Waals surface area (Å²) in [7, 11) is 3.88. The number of ketones is 1. The number of para-hydroxylation sites is 1. The molecule has 80 valence electrons. The van der Waals surface area contributed by atoms with Crippen molar-refractivity contribution in [2.24, 2.45) is 0 Å². The van der Waals surface area contributed by atoms with Gasteiger partial charge in [0.1, 0.15) is 0 Å². The third-order valence-electron chi connectivity index (χ3n) is 2.07. The first kappa shape index (κ1) is 11.5. The van der Waals surface area contributed by atoms with E-state index in [1.807, 2.05) is 57.1 Å². The van der Waals surface area contributed by atoms with Crippen molar-refractivity contribution < 1.29 is 4.79 Å². The van der Waals surface area contributed by atoms with Crippen LogP contribution in [-0.2, 0) is 0 Å². The first-order valence-electron chi connectivity index (χ1n) is 4.98. The van der Waals surface area contributed by atoms with E-state index in [1.54, 1.807) is 6.08 Å². The van der Waals surface area contributed by atoms with Gasteiger partial charge in [0, 0.05) is 25.3 Å². The van der Waals surface area contributed by atoms with Crippen LogP contribution in [0.4, 0.5) is 5.69 Å². The fraction of sp³-hybridized carbons (Fsp3) is 0.308. The highest BCUT2D eigenvalue weighted by atomic mass is 16.1. The Morgan fingerprint density at radius 2 is 1.80 bits per heavy atom. The van der Waals surface area contributed by atoms with Gasteiger partial charge in [0.2, 0.25) is 0 Å². The normalized spacial score (nSPS) is 9.60. The maximum absolute atomic E-state index is 11.9. The number of hydrogen-bond acceptors (Lipinski definition) is 2. The monoisotopic (exact) mass is 203 g/mol. The molecule has 2 nitrogen and oxygen atoms in total. The van der Waals surface area contributed by atoms with E-state index >= 15 is 0 Å². The summed E-state index contributed by atoms with van der Waals surface area (Å²) in [5.74, 6) is 0.0688. The molecule has 0 aromatic heterocycles. The summed E-state index contributed by atoms with van der Waals surface area (Å²) in [4.78, 5) is 13.8. The van der Waals surface area contributed by atoms with Gasteiger partial charge < -0.3 is 4.90 Å². The van der Waals surface area contributed by atoms with Gasteiger partial charge in [-0.25, -0.2) is 0 Å². The van der Waals surface area contributed by atoms with Crippen LogP contribution in [0.5, 0.6) is 0 Å². The molecule has 0 aliphatic heterocycles. The Morgan fingerprint density at radius 3 is 2.33 bits per heavy atom. The van der Waals surface area contributed by atoms with E-state index in [9.17, 15) is 4.79 Å². The third kappa shape index (κ3) is 2.94. The first-order chi connectivity index (χ1) is 7.02. The van der Waals surface area contributed by atoms with Crippen molar-refractivity contribution in [2.45, 2.75) is 13.8 Å². The van der Waals surface area contributed by atoms with Crippen molar-refractivity contribution in [1.82, 2.24) is 0 Å². The van der Waals surface area contributed by atoms with Crippen LogP contribution < -0.4 is 4.90 Å². The lowest BCUT2D eigenvalue weighted by Crippen LogP contribution is -2.13. The van der Waals surface area contributed by atoms with Crippen LogP contribution in [0.25, 0.3) is 0 Å². The highest BCUT2D eigenvalue weighted by Gasteiger charge is 2.09. The van der Waals surface area contributed by atoms with Crippen LogP contribution in [0, 0.1) is 0 Å². The summed E-state index contributed by atoms with van der Waals surface area (Å²) in [6.07, 6.45) is 1.67. The van der Waals surface area contributed by atoms with Gasteiger partial charge in [-0.05, 0) is 32.1 Å². The van der Waals surface area contributed by atoms with Crippen molar-refractivity contribution >= 4 is 11.5 Å². The zero-order chi connectivity index (χ0) is 11.4. The van der Waals surface area contributed by atoms with E-state index in [0.717, 1.165) is 16.8 Å². The molecule has 0 N–H and O–H groups in total. The molecule has 0 radical (unpaired) electrons. The predicted octanol–water partition coefficient (Wildman–Crippen LogP) is 2.90. The molecule has 0 unspecified atom stereocenters. The highest BCUT2D eigenvalue weighted by molar-refractivity contribution is 6.08. The lowest BCUT2D eigenvalue weighted by molar-refractivity contribution is 0.104. The van der Waals surface area contributed by atoms with Crippen molar-refractivity contribution in [1.29, 1.82) is 0 Å². The average molecular weight is 203 g/mol. The third-order valence-corrected chi connectivity index (χ3v) is 2.07. The van der Waals surface area contributed by atoms with Gasteiger partial charge in [-0.2, -0.15) is 0 Å². The summed E-state index contributed by atoms with van der Waals surface area (Å²) >= 11 is 0. The number of anilines is 1. The van der Waals surface area contributed by atoms with Gasteiger partial charge in [0.25, 0.3) is 0 Å². The van der Waals surface area contributed by atoms with Crippen LogP contribution in [-0.4, -0.2) is 19.9 Å². The first-order valence-corrected chi connectivity index (χ1v) is 4.98. The lowest BCUT2D eigenvalue weighted by atomic mass is 10.1. The molecule has 2 heteroatoms. The molecule has 0 saturated heterocycles. The minimum atomic E-state index is 0.0688. The second kappa shape index (κ2) is 4.78. The van der Waals surface area contributed by atoms with Crippen LogP contribution >= 0.6 is 0 Å². The fourth-order valence-electron chi connectivity index (χ4n) is 1.41. The summed E-state index contributed by atoms with van der Waals surface area (Å²) in [6, 6.07) is 7.64. The number of carbonyl (C=O) groups excluding carboxylic acids is 1. The molecule has 1 aromatic rings. The Morgan fingerprint density at radius 1 is 1.20 bits per heavy atom. The molecule has 0 spiro atoms. The number of nitrogens with zero attached hydrogens (tertiary/aromatic N) is 1. The minimum absolute atomic E-state index is 0.0688. The zero-order valence-electron chi connectivity index (χ0n) is 9.74. The van der Waals surface area contributed by atoms with E-state index in [0.29, 0.717) is 0 Å². The molecule has 15 heavy (non-hydrogen) atoms. The molecule has 0 aliphatic rings. The molecule has 1 rings (SSSR count). The zero-order valence-corrected chi connectivity index (χ0v) is 9.74.